The molecule has 0 saturated carbocycles. The second-order valence-corrected chi connectivity index (χ2v) is 6.63. The first-order valence-electron chi connectivity index (χ1n) is 5.47. The molecule has 5 nitrogen and oxygen atoms in total. The van der Waals surface area contributed by atoms with Gasteiger partial charge in [0.15, 0.2) is 0 Å². The van der Waals surface area contributed by atoms with Gasteiger partial charge >= 0.3 is 0 Å². The monoisotopic (exact) mass is 314 g/mol. The first kappa shape index (κ1) is 14.5. The number of nitrogens with two attached hydrogens (primary N) is 1. The highest BCUT2D eigenvalue weighted by Gasteiger charge is 2.22. The highest BCUT2D eigenvalue weighted by atomic mass is 32.2. The molecular formula is C12H11FN2O3S2. The van der Waals surface area contributed by atoms with E-state index in [0.717, 1.165) is 17.4 Å². The lowest BCUT2D eigenvalue weighted by Gasteiger charge is -2.09. The van der Waals surface area contributed by atoms with Gasteiger partial charge in [-0.05, 0) is 36.1 Å². The van der Waals surface area contributed by atoms with Crippen molar-refractivity contribution in [2.45, 2.75) is 11.8 Å². The van der Waals surface area contributed by atoms with E-state index in [1.54, 1.807) is 6.92 Å². The van der Waals surface area contributed by atoms with Crippen molar-refractivity contribution in [1.29, 1.82) is 0 Å². The van der Waals surface area contributed by atoms with Gasteiger partial charge in [-0.15, -0.1) is 11.3 Å². The van der Waals surface area contributed by atoms with E-state index < -0.39 is 26.6 Å². The fourth-order valence-electron chi connectivity index (χ4n) is 1.60. The van der Waals surface area contributed by atoms with E-state index in [2.05, 4.69) is 4.72 Å². The molecule has 0 spiro atoms. The van der Waals surface area contributed by atoms with Crippen LogP contribution >= 0.6 is 11.3 Å². The van der Waals surface area contributed by atoms with Crippen LogP contribution < -0.4 is 10.5 Å². The SMILES string of the molecule is Cc1ccc(S(=O)(=O)Nc2ccsc2C(N)=O)c(F)c1. The molecule has 8 heteroatoms. The molecule has 0 fully saturated rings. The molecule has 0 radical (unpaired) electrons. The molecule has 3 N–H and O–H groups in total. The predicted octanol–water partition coefficient (Wildman–Crippen LogP) is 2.10. The molecule has 1 aromatic heterocycles. The van der Waals surface area contributed by atoms with Crippen LogP contribution in [-0.2, 0) is 10.0 Å². The number of anilines is 1. The van der Waals surface area contributed by atoms with Crippen molar-refractivity contribution in [2.24, 2.45) is 5.73 Å². The van der Waals surface area contributed by atoms with Gasteiger partial charge in [0.2, 0.25) is 0 Å². The van der Waals surface area contributed by atoms with Gasteiger partial charge in [-0.3, -0.25) is 9.52 Å². The van der Waals surface area contributed by atoms with E-state index in [9.17, 15) is 17.6 Å². The van der Waals surface area contributed by atoms with Crippen molar-refractivity contribution < 1.29 is 17.6 Å². The normalized spacial score (nSPS) is 11.3. The predicted molar refractivity (Wildman–Crippen MR) is 74.8 cm³/mol. The molecule has 2 aromatic rings. The summed E-state index contributed by atoms with van der Waals surface area (Å²) in [7, 11) is -4.11. The maximum Gasteiger partial charge on any atom is 0.264 e. The van der Waals surface area contributed by atoms with Crippen molar-refractivity contribution in [2.75, 3.05) is 4.72 Å². The zero-order valence-corrected chi connectivity index (χ0v) is 12.0. The molecular weight excluding hydrogens is 303 g/mol. The number of hydrogen-bond donors (Lipinski definition) is 2. The molecule has 2 rings (SSSR count). The highest BCUT2D eigenvalue weighted by molar-refractivity contribution is 7.92. The maximum absolute atomic E-state index is 13.7. The Morgan fingerprint density at radius 3 is 2.65 bits per heavy atom. The maximum atomic E-state index is 13.7. The number of rotatable bonds is 4. The number of nitrogens with one attached hydrogen (secondary N) is 1. The summed E-state index contributed by atoms with van der Waals surface area (Å²) in [6.07, 6.45) is 0. The molecule has 0 aliphatic rings. The molecule has 0 saturated heterocycles. The van der Waals surface area contributed by atoms with Gasteiger partial charge < -0.3 is 5.73 Å². The molecule has 0 aliphatic carbocycles. The number of carbonyl (C=O) groups excluding carboxylic acids is 1. The zero-order valence-electron chi connectivity index (χ0n) is 10.4. The third-order valence-electron chi connectivity index (χ3n) is 2.51. The largest absolute Gasteiger partial charge is 0.365 e. The standard InChI is InChI=1S/C12H11FN2O3S2/c1-7-2-3-10(8(13)6-7)20(17,18)15-9-4-5-19-11(9)12(14)16/h2-6,15H,1H3,(H2,14,16). The molecule has 106 valence electrons. The number of halogens is 1. The molecule has 1 amide bonds. The summed E-state index contributed by atoms with van der Waals surface area (Å²) < 4.78 is 40.1. The lowest BCUT2D eigenvalue weighted by molar-refractivity contribution is 0.100. The third-order valence-corrected chi connectivity index (χ3v) is 4.84. The minimum Gasteiger partial charge on any atom is -0.365 e. The van der Waals surface area contributed by atoms with E-state index >= 15 is 0 Å². The number of amides is 1. The van der Waals surface area contributed by atoms with Crippen LogP contribution in [0.25, 0.3) is 0 Å². The van der Waals surface area contributed by atoms with E-state index in [0.29, 0.717) is 5.56 Å². The number of thiophene rings is 1. The Labute approximate surface area is 119 Å². The summed E-state index contributed by atoms with van der Waals surface area (Å²) in [5, 5.41) is 1.52. The van der Waals surface area contributed by atoms with Gasteiger partial charge in [-0.25, -0.2) is 12.8 Å². The van der Waals surface area contributed by atoms with Crippen molar-refractivity contribution in [3.63, 3.8) is 0 Å². The summed E-state index contributed by atoms with van der Waals surface area (Å²) in [5.41, 5.74) is 5.78. The van der Waals surface area contributed by atoms with Crippen molar-refractivity contribution in [3.8, 4) is 0 Å². The second kappa shape index (κ2) is 5.22. The summed E-state index contributed by atoms with van der Waals surface area (Å²) in [6, 6.07) is 5.18. The van der Waals surface area contributed by atoms with Gasteiger partial charge in [0.05, 0.1) is 5.69 Å². The van der Waals surface area contributed by atoms with Gasteiger partial charge in [-0.1, -0.05) is 6.07 Å². The van der Waals surface area contributed by atoms with Crippen molar-refractivity contribution >= 4 is 33.0 Å². The number of primary amides is 1. The van der Waals surface area contributed by atoms with Gasteiger partial charge in [0.1, 0.15) is 15.6 Å². The zero-order chi connectivity index (χ0) is 14.9. The summed E-state index contributed by atoms with van der Waals surface area (Å²) in [6.45, 7) is 1.65. The second-order valence-electron chi connectivity index (χ2n) is 4.07. The van der Waals surface area contributed by atoms with Crippen molar-refractivity contribution in [1.82, 2.24) is 0 Å². The van der Waals surface area contributed by atoms with Crippen LogP contribution in [0.4, 0.5) is 10.1 Å². The summed E-state index contributed by atoms with van der Waals surface area (Å²) >= 11 is 1.00. The highest BCUT2D eigenvalue weighted by Crippen LogP contribution is 2.25. The Morgan fingerprint density at radius 2 is 2.05 bits per heavy atom. The lowest BCUT2D eigenvalue weighted by atomic mass is 10.2. The molecule has 20 heavy (non-hydrogen) atoms. The Hall–Kier alpha value is -1.93. The smallest absolute Gasteiger partial charge is 0.264 e. The van der Waals surface area contributed by atoms with Crippen LogP contribution in [-0.4, -0.2) is 14.3 Å². The van der Waals surface area contributed by atoms with E-state index in [1.807, 2.05) is 0 Å². The molecule has 0 unspecified atom stereocenters. The Balaban J connectivity index is 2.41. The molecule has 0 atom stereocenters. The van der Waals surface area contributed by atoms with Crippen LogP contribution in [0.3, 0.4) is 0 Å². The number of carbonyl (C=O) groups is 1. The first-order chi connectivity index (χ1) is 9.31. The van der Waals surface area contributed by atoms with Crippen molar-refractivity contribution in [3.05, 3.63) is 45.9 Å². The molecule has 0 aliphatic heterocycles. The number of aryl methyl sites for hydroxylation is 1. The minimum absolute atomic E-state index is 0.0440. The van der Waals surface area contributed by atoms with E-state index in [1.165, 1.54) is 23.6 Å². The lowest BCUT2D eigenvalue weighted by Crippen LogP contribution is -2.18. The van der Waals surface area contributed by atoms with Crippen LogP contribution in [0, 0.1) is 12.7 Å². The Kier molecular flexibility index (Phi) is 3.78. The van der Waals surface area contributed by atoms with Gasteiger partial charge in [-0.2, -0.15) is 0 Å². The fraction of sp³-hybridized carbons (Fsp3) is 0.0833. The van der Waals surface area contributed by atoms with Crippen LogP contribution in [0.1, 0.15) is 15.2 Å². The number of hydrogen-bond acceptors (Lipinski definition) is 4. The average molecular weight is 314 g/mol. The fourth-order valence-corrected chi connectivity index (χ4v) is 3.50. The number of sulfonamides is 1. The van der Waals surface area contributed by atoms with Crippen LogP contribution in [0.15, 0.2) is 34.5 Å². The van der Waals surface area contributed by atoms with Gasteiger partial charge in [0, 0.05) is 0 Å². The Morgan fingerprint density at radius 1 is 1.35 bits per heavy atom. The van der Waals surface area contributed by atoms with Gasteiger partial charge in [0.25, 0.3) is 15.9 Å². The van der Waals surface area contributed by atoms with E-state index in [4.69, 9.17) is 5.73 Å². The summed E-state index contributed by atoms with van der Waals surface area (Å²) in [5.74, 6) is -1.60. The molecule has 1 aromatic carbocycles. The minimum atomic E-state index is -4.11. The third kappa shape index (κ3) is 2.81. The number of benzene rings is 1. The average Bonchev–Trinajstić information content (AvgIpc) is 2.75. The first-order valence-corrected chi connectivity index (χ1v) is 7.84. The van der Waals surface area contributed by atoms with Crippen LogP contribution in [0.5, 0.6) is 0 Å². The topological polar surface area (TPSA) is 89.3 Å². The Bertz CT molecular complexity index is 769. The quantitative estimate of drug-likeness (QED) is 0.905. The molecule has 0 bridgehead atoms. The summed E-state index contributed by atoms with van der Waals surface area (Å²) in [4.78, 5) is 10.7. The van der Waals surface area contributed by atoms with Crippen LogP contribution in [0.2, 0.25) is 0 Å². The molecule has 1 heterocycles. The van der Waals surface area contributed by atoms with E-state index in [-0.39, 0.29) is 10.6 Å².